The summed E-state index contributed by atoms with van der Waals surface area (Å²) in [6.07, 6.45) is 5.81. The summed E-state index contributed by atoms with van der Waals surface area (Å²) in [6, 6.07) is 1.98. The van der Waals surface area contributed by atoms with Gasteiger partial charge in [-0.2, -0.15) is 0 Å². The van der Waals surface area contributed by atoms with Gasteiger partial charge in [-0.05, 0) is 19.3 Å². The van der Waals surface area contributed by atoms with Gasteiger partial charge >= 0.3 is 0 Å². The van der Waals surface area contributed by atoms with E-state index >= 15 is 0 Å². The highest BCUT2D eigenvalue weighted by molar-refractivity contribution is 4.97. The molecule has 3 atom stereocenters. The van der Waals surface area contributed by atoms with Crippen LogP contribution in [0.3, 0.4) is 0 Å². The lowest BCUT2D eigenvalue weighted by Crippen LogP contribution is -2.23. The summed E-state index contributed by atoms with van der Waals surface area (Å²) in [5, 5.41) is 0. The van der Waals surface area contributed by atoms with Crippen LogP contribution >= 0.6 is 0 Å². The van der Waals surface area contributed by atoms with Crippen molar-refractivity contribution >= 4 is 0 Å². The van der Waals surface area contributed by atoms with Crippen LogP contribution in [0.4, 0.5) is 0 Å². The van der Waals surface area contributed by atoms with Crippen LogP contribution in [0, 0.1) is 0 Å². The van der Waals surface area contributed by atoms with Gasteiger partial charge in [-0.1, -0.05) is 13.3 Å². The smallest absolute Gasteiger partial charge is 0.0227 e. The van der Waals surface area contributed by atoms with Crippen molar-refractivity contribution in [2.45, 2.75) is 44.7 Å². The molecule has 1 nitrogen and oxygen atoms in total. The molecule has 0 aromatic heterocycles. The van der Waals surface area contributed by atoms with E-state index in [0.29, 0.717) is 0 Å². The lowest BCUT2D eigenvalue weighted by atomic mass is 10.0. The average molecular weight is 125 g/mol. The maximum absolute atomic E-state index is 2.66. The van der Waals surface area contributed by atoms with E-state index in [2.05, 4.69) is 11.8 Å². The third-order valence-electron chi connectivity index (χ3n) is 2.77. The number of fused-ring (bicyclic) bond motifs is 1. The fourth-order valence-corrected chi connectivity index (χ4v) is 2.09. The van der Waals surface area contributed by atoms with Crippen LogP contribution in [0.25, 0.3) is 0 Å². The quantitative estimate of drug-likeness (QED) is 0.481. The summed E-state index contributed by atoms with van der Waals surface area (Å²) < 4.78 is 0. The third kappa shape index (κ3) is 0.877. The van der Waals surface area contributed by atoms with Gasteiger partial charge in [-0.25, -0.2) is 0 Å². The predicted octanol–water partition coefficient (Wildman–Crippen LogP) is 1.63. The molecule has 3 unspecified atom stereocenters. The fraction of sp³-hybridized carbons (Fsp3) is 1.00. The first-order chi connectivity index (χ1) is 4.42. The number of hydrogen-bond acceptors (Lipinski definition) is 1. The van der Waals surface area contributed by atoms with Crippen LogP contribution in [-0.4, -0.2) is 23.5 Å². The van der Waals surface area contributed by atoms with Crippen LogP contribution in [-0.2, 0) is 0 Å². The molecular weight excluding hydrogens is 110 g/mol. The van der Waals surface area contributed by atoms with E-state index in [0.717, 1.165) is 12.1 Å². The van der Waals surface area contributed by atoms with Crippen molar-refractivity contribution in [2.24, 2.45) is 0 Å². The van der Waals surface area contributed by atoms with Crippen molar-refractivity contribution in [3.05, 3.63) is 0 Å². The number of nitrogens with zero attached hydrogens (tertiary/aromatic N) is 1. The molecule has 0 spiro atoms. The first-order valence-electron chi connectivity index (χ1n) is 4.17. The van der Waals surface area contributed by atoms with E-state index in [1.165, 1.54) is 32.2 Å². The summed E-state index contributed by atoms with van der Waals surface area (Å²) in [7, 11) is 0. The van der Waals surface area contributed by atoms with Crippen molar-refractivity contribution in [1.82, 2.24) is 4.90 Å². The fourth-order valence-electron chi connectivity index (χ4n) is 2.09. The molecule has 2 aliphatic heterocycles. The monoisotopic (exact) mass is 125 g/mol. The minimum absolute atomic E-state index is 0.962. The second-order valence-corrected chi connectivity index (χ2v) is 3.34. The molecule has 0 amide bonds. The first kappa shape index (κ1) is 5.72. The molecular formula is C8H15N. The normalized spacial score (nSPS) is 48.3. The minimum atomic E-state index is 0.962. The lowest BCUT2D eigenvalue weighted by Gasteiger charge is -2.21. The Labute approximate surface area is 57.0 Å². The van der Waals surface area contributed by atoms with Crippen LogP contribution in [0.15, 0.2) is 0 Å². The zero-order valence-electron chi connectivity index (χ0n) is 6.14. The van der Waals surface area contributed by atoms with Gasteiger partial charge in [0, 0.05) is 18.6 Å². The molecule has 2 heterocycles. The average Bonchev–Trinajstić information content (AvgIpc) is 2.64. The predicted molar refractivity (Wildman–Crippen MR) is 38.4 cm³/mol. The molecule has 0 saturated carbocycles. The Morgan fingerprint density at radius 1 is 1.44 bits per heavy atom. The third-order valence-corrected chi connectivity index (χ3v) is 2.77. The van der Waals surface area contributed by atoms with E-state index in [1.807, 2.05) is 0 Å². The number of rotatable bonds is 1. The largest absolute Gasteiger partial charge is 0.295 e. The molecule has 0 aliphatic carbocycles. The maximum atomic E-state index is 2.66. The molecule has 1 heteroatoms. The van der Waals surface area contributed by atoms with Crippen molar-refractivity contribution in [3.63, 3.8) is 0 Å². The summed E-state index contributed by atoms with van der Waals surface area (Å²) in [6.45, 7) is 3.73. The molecule has 0 bridgehead atoms. The number of piperidine rings is 1. The van der Waals surface area contributed by atoms with Gasteiger partial charge in [0.25, 0.3) is 0 Å². The molecule has 2 fully saturated rings. The molecule has 0 radical (unpaired) electrons. The van der Waals surface area contributed by atoms with E-state index in [-0.39, 0.29) is 0 Å². The minimum Gasteiger partial charge on any atom is -0.295 e. The SMILES string of the molecule is CCC1CCCC2CN12. The zero-order valence-corrected chi connectivity index (χ0v) is 6.14. The summed E-state index contributed by atoms with van der Waals surface area (Å²) >= 11 is 0. The first-order valence-corrected chi connectivity index (χ1v) is 4.17. The number of hydrogen-bond donors (Lipinski definition) is 0. The maximum Gasteiger partial charge on any atom is 0.0227 e. The molecule has 2 saturated heterocycles. The van der Waals surface area contributed by atoms with Crippen LogP contribution in [0.1, 0.15) is 32.6 Å². The van der Waals surface area contributed by atoms with Crippen LogP contribution in [0.2, 0.25) is 0 Å². The van der Waals surface area contributed by atoms with Crippen molar-refractivity contribution in [2.75, 3.05) is 6.54 Å². The van der Waals surface area contributed by atoms with Crippen LogP contribution < -0.4 is 0 Å². The summed E-state index contributed by atoms with van der Waals surface area (Å²) in [4.78, 5) is 2.66. The van der Waals surface area contributed by atoms with Crippen molar-refractivity contribution < 1.29 is 0 Å². The second-order valence-electron chi connectivity index (χ2n) is 3.34. The standard InChI is InChI=1S/C8H15N/c1-2-7-4-3-5-8-6-9(7)8/h7-8H,2-6H2,1H3. The van der Waals surface area contributed by atoms with Crippen LogP contribution in [0.5, 0.6) is 0 Å². The summed E-state index contributed by atoms with van der Waals surface area (Å²) in [5.74, 6) is 0. The van der Waals surface area contributed by atoms with E-state index in [4.69, 9.17) is 0 Å². The molecule has 0 aromatic rings. The van der Waals surface area contributed by atoms with E-state index in [1.54, 1.807) is 0 Å². The Balaban J connectivity index is 1.93. The van der Waals surface area contributed by atoms with Gasteiger partial charge in [0.1, 0.15) is 0 Å². The topological polar surface area (TPSA) is 3.01 Å². The molecule has 9 heavy (non-hydrogen) atoms. The molecule has 52 valence electrons. The highest BCUT2D eigenvalue weighted by Gasteiger charge is 2.40. The Hall–Kier alpha value is -0.0400. The Morgan fingerprint density at radius 2 is 2.33 bits per heavy atom. The Morgan fingerprint density at radius 3 is 3.00 bits per heavy atom. The van der Waals surface area contributed by atoms with Gasteiger partial charge in [-0.15, -0.1) is 0 Å². The van der Waals surface area contributed by atoms with Gasteiger partial charge in [0.15, 0.2) is 0 Å². The van der Waals surface area contributed by atoms with Gasteiger partial charge in [0.2, 0.25) is 0 Å². The van der Waals surface area contributed by atoms with E-state index < -0.39 is 0 Å². The molecule has 2 rings (SSSR count). The van der Waals surface area contributed by atoms with Gasteiger partial charge in [0.05, 0.1) is 0 Å². The zero-order chi connectivity index (χ0) is 6.27. The highest BCUT2D eigenvalue weighted by atomic mass is 15.3. The molecule has 0 N–H and O–H groups in total. The van der Waals surface area contributed by atoms with Gasteiger partial charge in [-0.3, -0.25) is 4.90 Å². The Bertz CT molecular complexity index is 111. The van der Waals surface area contributed by atoms with Crippen molar-refractivity contribution in [1.29, 1.82) is 0 Å². The van der Waals surface area contributed by atoms with Crippen molar-refractivity contribution in [3.8, 4) is 0 Å². The summed E-state index contributed by atoms with van der Waals surface area (Å²) in [5.41, 5.74) is 0. The second kappa shape index (κ2) is 1.98. The Kier molecular flexibility index (Phi) is 1.26. The highest BCUT2D eigenvalue weighted by Crippen LogP contribution is 2.34. The van der Waals surface area contributed by atoms with Gasteiger partial charge < -0.3 is 0 Å². The molecule has 2 aliphatic rings. The van der Waals surface area contributed by atoms with E-state index in [9.17, 15) is 0 Å². The molecule has 0 aromatic carbocycles. The lowest BCUT2D eigenvalue weighted by molar-refractivity contribution is 0.287.